The number of para-hydroxylation sites is 1. The van der Waals surface area contributed by atoms with Crippen LogP contribution in [0.2, 0.25) is 0 Å². The summed E-state index contributed by atoms with van der Waals surface area (Å²) in [4.78, 5) is 12.2. The van der Waals surface area contributed by atoms with E-state index in [2.05, 4.69) is 6.58 Å². The molecule has 0 aromatic heterocycles. The Hall–Kier alpha value is -2.39. The normalized spacial score (nSPS) is 11.7. The molecule has 2 rings (SSSR count). The zero-order valence-electron chi connectivity index (χ0n) is 12.0. The number of carbonyl (C=O) groups is 1. The Balaban J connectivity index is 2.11. The van der Waals surface area contributed by atoms with E-state index < -0.39 is 12.1 Å². The van der Waals surface area contributed by atoms with Gasteiger partial charge in [0.1, 0.15) is 5.75 Å². The van der Waals surface area contributed by atoms with Crippen molar-refractivity contribution >= 4 is 5.97 Å². The zero-order valence-corrected chi connectivity index (χ0v) is 12.0. The fourth-order valence-corrected chi connectivity index (χ4v) is 2.02. The summed E-state index contributed by atoms with van der Waals surface area (Å²) in [5.41, 5.74) is 1.91. The largest absolute Gasteiger partial charge is 0.424 e. The minimum absolute atomic E-state index is 0.430. The second-order valence-corrected chi connectivity index (χ2v) is 4.58. The molecule has 0 spiro atoms. The lowest BCUT2D eigenvalue weighted by Gasteiger charge is -2.15. The van der Waals surface area contributed by atoms with Crippen LogP contribution in [0.15, 0.2) is 67.3 Å². The van der Waals surface area contributed by atoms with Gasteiger partial charge in [-0.15, -0.1) is 6.58 Å². The molecule has 108 valence electrons. The van der Waals surface area contributed by atoms with Gasteiger partial charge in [-0.25, -0.2) is 4.79 Å². The summed E-state index contributed by atoms with van der Waals surface area (Å²) < 4.78 is 10.6. The highest BCUT2D eigenvalue weighted by atomic mass is 16.6. The van der Waals surface area contributed by atoms with Crippen molar-refractivity contribution in [3.63, 3.8) is 0 Å². The van der Waals surface area contributed by atoms with Crippen LogP contribution >= 0.6 is 0 Å². The number of esters is 1. The fourth-order valence-electron chi connectivity index (χ4n) is 2.02. The number of methoxy groups -OCH3 is 1. The number of rotatable bonds is 6. The molecule has 21 heavy (non-hydrogen) atoms. The number of hydrogen-bond donors (Lipinski definition) is 0. The summed E-state index contributed by atoms with van der Waals surface area (Å²) in [5.74, 6) is 0.0769. The highest BCUT2D eigenvalue weighted by Crippen LogP contribution is 2.21. The summed E-state index contributed by atoms with van der Waals surface area (Å²) in [6, 6.07) is 16.6. The molecular weight excluding hydrogens is 264 g/mol. The molecule has 3 nitrogen and oxygen atoms in total. The topological polar surface area (TPSA) is 35.5 Å². The van der Waals surface area contributed by atoms with E-state index in [-0.39, 0.29) is 0 Å². The summed E-state index contributed by atoms with van der Waals surface area (Å²) in [7, 11) is 1.49. The molecule has 0 aliphatic carbocycles. The molecule has 0 bridgehead atoms. The highest BCUT2D eigenvalue weighted by Gasteiger charge is 2.22. The molecule has 0 saturated carbocycles. The van der Waals surface area contributed by atoms with E-state index in [1.54, 1.807) is 12.1 Å². The predicted molar refractivity (Wildman–Crippen MR) is 82.2 cm³/mol. The third kappa shape index (κ3) is 4.04. The number of hydrogen-bond acceptors (Lipinski definition) is 3. The molecule has 1 atom stereocenters. The Labute approximate surface area is 124 Å². The highest BCUT2D eigenvalue weighted by molar-refractivity contribution is 5.78. The minimum atomic E-state index is -0.733. The monoisotopic (exact) mass is 282 g/mol. The van der Waals surface area contributed by atoms with Crippen LogP contribution in [0.3, 0.4) is 0 Å². The third-order valence-corrected chi connectivity index (χ3v) is 3.07. The van der Waals surface area contributed by atoms with E-state index >= 15 is 0 Å². The van der Waals surface area contributed by atoms with Crippen LogP contribution in [-0.2, 0) is 16.0 Å². The van der Waals surface area contributed by atoms with Gasteiger partial charge >= 0.3 is 5.97 Å². The molecule has 2 aromatic carbocycles. The van der Waals surface area contributed by atoms with E-state index in [4.69, 9.17) is 9.47 Å². The smallest absolute Gasteiger partial charge is 0.345 e. The van der Waals surface area contributed by atoms with Crippen molar-refractivity contribution in [2.75, 3.05) is 7.11 Å². The first-order chi connectivity index (χ1) is 10.2. The molecule has 0 aliphatic heterocycles. The maximum atomic E-state index is 12.2. The average molecular weight is 282 g/mol. The Morgan fingerprint density at radius 1 is 1.14 bits per heavy atom. The van der Waals surface area contributed by atoms with Gasteiger partial charge in [0.25, 0.3) is 0 Å². The molecule has 0 radical (unpaired) electrons. The number of allylic oxidation sites excluding steroid dienone is 1. The zero-order chi connectivity index (χ0) is 15.1. The minimum Gasteiger partial charge on any atom is -0.424 e. The van der Waals surface area contributed by atoms with Crippen LogP contribution in [0.4, 0.5) is 0 Å². The second-order valence-electron chi connectivity index (χ2n) is 4.58. The molecule has 1 unspecified atom stereocenters. The summed E-state index contributed by atoms with van der Waals surface area (Å²) in [5, 5.41) is 0. The van der Waals surface area contributed by atoms with E-state index in [0.29, 0.717) is 5.75 Å². The predicted octanol–water partition coefficient (Wildman–Crippen LogP) is 3.71. The molecule has 0 amide bonds. The molecule has 3 heteroatoms. The summed E-state index contributed by atoms with van der Waals surface area (Å²) in [6.07, 6.45) is 1.90. The molecule has 0 aliphatic rings. The SMILES string of the molecule is C=CCc1ccc(C(OC)C(=O)Oc2ccccc2)cc1. The van der Waals surface area contributed by atoms with Crippen LogP contribution in [0.1, 0.15) is 17.2 Å². The molecule has 0 saturated heterocycles. The van der Waals surface area contributed by atoms with Crippen molar-refractivity contribution in [1.29, 1.82) is 0 Å². The van der Waals surface area contributed by atoms with Gasteiger partial charge in [0.15, 0.2) is 6.10 Å². The standard InChI is InChI=1S/C18H18O3/c1-3-7-14-10-12-15(13-11-14)17(20-2)18(19)21-16-8-5-4-6-9-16/h3-6,8-13,17H,1,7H2,2H3. The van der Waals surface area contributed by atoms with Gasteiger partial charge in [0.05, 0.1) is 0 Å². The van der Waals surface area contributed by atoms with Crippen molar-refractivity contribution in [3.05, 3.63) is 78.4 Å². The first-order valence-electron chi connectivity index (χ1n) is 6.74. The Morgan fingerprint density at radius 2 is 1.81 bits per heavy atom. The van der Waals surface area contributed by atoms with E-state index in [9.17, 15) is 4.79 Å². The van der Waals surface area contributed by atoms with Crippen molar-refractivity contribution in [2.24, 2.45) is 0 Å². The summed E-state index contributed by atoms with van der Waals surface area (Å²) >= 11 is 0. The average Bonchev–Trinajstić information content (AvgIpc) is 2.51. The van der Waals surface area contributed by atoms with E-state index in [1.165, 1.54) is 7.11 Å². The van der Waals surface area contributed by atoms with Crippen molar-refractivity contribution in [2.45, 2.75) is 12.5 Å². The number of benzene rings is 2. The lowest BCUT2D eigenvalue weighted by Crippen LogP contribution is -2.20. The van der Waals surface area contributed by atoms with Crippen LogP contribution in [0.25, 0.3) is 0 Å². The number of carbonyl (C=O) groups excluding carboxylic acids is 1. The van der Waals surface area contributed by atoms with Crippen molar-refractivity contribution in [3.8, 4) is 5.75 Å². The van der Waals surface area contributed by atoms with Gasteiger partial charge in [-0.1, -0.05) is 48.5 Å². The fraction of sp³-hybridized carbons (Fsp3) is 0.167. The van der Waals surface area contributed by atoms with E-state index in [0.717, 1.165) is 17.5 Å². The molecule has 0 N–H and O–H groups in total. The van der Waals surface area contributed by atoms with Crippen molar-refractivity contribution in [1.82, 2.24) is 0 Å². The van der Waals surface area contributed by atoms with Gasteiger partial charge in [0, 0.05) is 7.11 Å². The van der Waals surface area contributed by atoms with Gasteiger partial charge in [-0.3, -0.25) is 0 Å². The van der Waals surface area contributed by atoms with Crippen molar-refractivity contribution < 1.29 is 14.3 Å². The van der Waals surface area contributed by atoms with Crippen LogP contribution in [0.5, 0.6) is 5.75 Å². The molecule has 0 fully saturated rings. The van der Waals surface area contributed by atoms with Crippen LogP contribution < -0.4 is 4.74 Å². The van der Waals surface area contributed by atoms with Gasteiger partial charge in [-0.2, -0.15) is 0 Å². The Kier molecular flexibility index (Phi) is 5.29. The lowest BCUT2D eigenvalue weighted by atomic mass is 10.1. The van der Waals surface area contributed by atoms with Crippen LogP contribution in [0, 0.1) is 0 Å². The summed E-state index contributed by atoms with van der Waals surface area (Å²) in [6.45, 7) is 3.71. The maximum Gasteiger partial charge on any atom is 0.345 e. The molecule has 0 heterocycles. The quantitative estimate of drug-likeness (QED) is 0.460. The van der Waals surface area contributed by atoms with Crippen LogP contribution in [-0.4, -0.2) is 13.1 Å². The maximum absolute atomic E-state index is 12.2. The first-order valence-corrected chi connectivity index (χ1v) is 6.74. The third-order valence-electron chi connectivity index (χ3n) is 3.07. The van der Waals surface area contributed by atoms with Gasteiger partial charge in [0.2, 0.25) is 0 Å². The van der Waals surface area contributed by atoms with E-state index in [1.807, 2.05) is 48.5 Å². The molecule has 2 aromatic rings. The first kappa shape index (κ1) is 15.0. The molecular formula is C18H18O3. The number of ether oxygens (including phenoxy) is 2. The Morgan fingerprint density at radius 3 is 2.38 bits per heavy atom. The van der Waals surface area contributed by atoms with Gasteiger partial charge in [-0.05, 0) is 29.7 Å². The van der Waals surface area contributed by atoms with Gasteiger partial charge < -0.3 is 9.47 Å². The second kappa shape index (κ2) is 7.41. The Bertz CT molecular complexity index is 588. The lowest BCUT2D eigenvalue weighted by molar-refractivity contribution is -0.146.